The normalized spacial score (nSPS) is 10.8. The van der Waals surface area contributed by atoms with Crippen molar-refractivity contribution in [1.29, 1.82) is 0 Å². The number of thioether (sulfide) groups is 1. The van der Waals surface area contributed by atoms with Crippen LogP contribution in [0.2, 0.25) is 0 Å². The van der Waals surface area contributed by atoms with Crippen molar-refractivity contribution in [3.63, 3.8) is 0 Å². The van der Waals surface area contributed by atoms with Gasteiger partial charge in [0.2, 0.25) is 0 Å². The molecule has 0 aliphatic rings. The SMILES string of the molecule is O=[N+]([O-])c1ccc(CSc2nnc(-c3ccccc3Br)n2-c2ccccc2)cc1. The van der Waals surface area contributed by atoms with Gasteiger partial charge in [0.25, 0.3) is 5.69 Å². The van der Waals surface area contributed by atoms with Gasteiger partial charge in [0, 0.05) is 33.6 Å². The van der Waals surface area contributed by atoms with Crippen molar-refractivity contribution in [3.05, 3.63) is 99.0 Å². The maximum atomic E-state index is 10.8. The largest absolute Gasteiger partial charge is 0.270 e. The summed E-state index contributed by atoms with van der Waals surface area (Å²) < 4.78 is 2.97. The number of benzene rings is 3. The average Bonchev–Trinajstić information content (AvgIpc) is 3.17. The number of para-hydroxylation sites is 1. The van der Waals surface area contributed by atoms with Crippen LogP contribution in [0.25, 0.3) is 17.1 Å². The van der Waals surface area contributed by atoms with Crippen LogP contribution in [-0.4, -0.2) is 19.7 Å². The second kappa shape index (κ2) is 8.59. The van der Waals surface area contributed by atoms with Crippen molar-refractivity contribution in [2.24, 2.45) is 0 Å². The van der Waals surface area contributed by atoms with E-state index in [1.165, 1.54) is 23.9 Å². The van der Waals surface area contributed by atoms with Crippen molar-refractivity contribution in [2.75, 3.05) is 0 Å². The molecule has 0 bridgehead atoms. The van der Waals surface area contributed by atoms with Crippen molar-refractivity contribution in [3.8, 4) is 17.1 Å². The number of nitrogens with zero attached hydrogens (tertiary/aromatic N) is 4. The lowest BCUT2D eigenvalue weighted by Crippen LogP contribution is -2.00. The third-order valence-electron chi connectivity index (χ3n) is 4.28. The summed E-state index contributed by atoms with van der Waals surface area (Å²) in [7, 11) is 0. The zero-order valence-corrected chi connectivity index (χ0v) is 17.5. The molecule has 0 atom stereocenters. The number of rotatable bonds is 6. The second-order valence-corrected chi connectivity index (χ2v) is 7.97. The maximum absolute atomic E-state index is 10.8. The summed E-state index contributed by atoms with van der Waals surface area (Å²) in [4.78, 5) is 10.4. The summed E-state index contributed by atoms with van der Waals surface area (Å²) in [5.41, 5.74) is 2.98. The van der Waals surface area contributed by atoms with E-state index in [1.807, 2.05) is 59.2 Å². The Morgan fingerprint density at radius 2 is 1.62 bits per heavy atom. The molecule has 6 nitrogen and oxygen atoms in total. The van der Waals surface area contributed by atoms with Gasteiger partial charge in [-0.2, -0.15) is 0 Å². The molecule has 0 amide bonds. The predicted molar refractivity (Wildman–Crippen MR) is 117 cm³/mol. The Morgan fingerprint density at radius 3 is 2.31 bits per heavy atom. The molecule has 0 N–H and O–H groups in total. The predicted octanol–water partition coefficient (Wildman–Crippen LogP) is 5.90. The average molecular weight is 467 g/mol. The standard InChI is InChI=1S/C21H15BrN4O2S/c22-19-9-5-4-8-18(19)20-23-24-21(25(20)16-6-2-1-3-7-16)29-14-15-10-12-17(13-11-15)26(27)28/h1-13H,14H2. The maximum Gasteiger partial charge on any atom is 0.269 e. The number of nitro groups is 1. The number of nitro benzene ring substituents is 1. The summed E-state index contributed by atoms with van der Waals surface area (Å²) in [6, 6.07) is 24.4. The summed E-state index contributed by atoms with van der Waals surface area (Å²) in [6.45, 7) is 0. The number of non-ortho nitro benzene ring substituents is 1. The highest BCUT2D eigenvalue weighted by atomic mass is 79.9. The monoisotopic (exact) mass is 466 g/mol. The summed E-state index contributed by atoms with van der Waals surface area (Å²) in [6.07, 6.45) is 0. The number of hydrogen-bond donors (Lipinski definition) is 0. The Balaban J connectivity index is 1.68. The molecule has 144 valence electrons. The molecule has 1 heterocycles. The quantitative estimate of drug-likeness (QED) is 0.201. The van der Waals surface area contributed by atoms with Crippen molar-refractivity contribution >= 4 is 33.4 Å². The van der Waals surface area contributed by atoms with Gasteiger partial charge in [-0.3, -0.25) is 14.7 Å². The van der Waals surface area contributed by atoms with Crippen LogP contribution in [-0.2, 0) is 5.75 Å². The van der Waals surface area contributed by atoms with Gasteiger partial charge in [-0.1, -0.05) is 76.2 Å². The molecule has 4 aromatic rings. The smallest absolute Gasteiger partial charge is 0.269 e. The highest BCUT2D eigenvalue weighted by Gasteiger charge is 2.18. The molecule has 0 saturated heterocycles. The van der Waals surface area contributed by atoms with Crippen LogP contribution < -0.4 is 0 Å². The Labute approximate surface area is 179 Å². The van der Waals surface area contributed by atoms with Gasteiger partial charge in [0.15, 0.2) is 11.0 Å². The van der Waals surface area contributed by atoms with Gasteiger partial charge in [-0.25, -0.2) is 0 Å². The van der Waals surface area contributed by atoms with Crippen LogP contribution in [0.5, 0.6) is 0 Å². The lowest BCUT2D eigenvalue weighted by atomic mass is 10.2. The number of aromatic nitrogens is 3. The minimum atomic E-state index is -0.396. The topological polar surface area (TPSA) is 73.8 Å². The van der Waals surface area contributed by atoms with Crippen molar-refractivity contribution in [2.45, 2.75) is 10.9 Å². The first kappa shape index (κ1) is 19.4. The van der Waals surface area contributed by atoms with E-state index in [0.29, 0.717) is 5.75 Å². The van der Waals surface area contributed by atoms with E-state index < -0.39 is 4.92 Å². The fourth-order valence-corrected chi connectivity index (χ4v) is 4.22. The third-order valence-corrected chi connectivity index (χ3v) is 5.97. The van der Waals surface area contributed by atoms with Gasteiger partial charge in [0.1, 0.15) is 0 Å². The lowest BCUT2D eigenvalue weighted by Gasteiger charge is -2.11. The van der Waals surface area contributed by atoms with Crippen molar-refractivity contribution < 1.29 is 4.92 Å². The van der Waals surface area contributed by atoms with Crippen LogP contribution in [0.3, 0.4) is 0 Å². The Morgan fingerprint density at radius 1 is 0.931 bits per heavy atom. The van der Waals surface area contributed by atoms with E-state index in [4.69, 9.17) is 0 Å². The Kier molecular flexibility index (Phi) is 5.73. The van der Waals surface area contributed by atoms with E-state index in [2.05, 4.69) is 26.1 Å². The third kappa shape index (κ3) is 4.23. The molecule has 4 rings (SSSR count). The van der Waals surface area contributed by atoms with Crippen LogP contribution in [0, 0.1) is 10.1 Å². The highest BCUT2D eigenvalue weighted by Crippen LogP contribution is 2.33. The molecule has 8 heteroatoms. The Hall–Kier alpha value is -2.97. The molecule has 29 heavy (non-hydrogen) atoms. The lowest BCUT2D eigenvalue weighted by molar-refractivity contribution is -0.384. The minimum absolute atomic E-state index is 0.0856. The minimum Gasteiger partial charge on any atom is -0.270 e. The number of halogens is 1. The molecule has 0 saturated carbocycles. The molecule has 0 fully saturated rings. The molecule has 0 unspecified atom stereocenters. The molecule has 3 aromatic carbocycles. The summed E-state index contributed by atoms with van der Waals surface area (Å²) in [5, 5.41) is 20.4. The zero-order chi connectivity index (χ0) is 20.2. The van der Waals surface area contributed by atoms with Crippen LogP contribution in [0.4, 0.5) is 5.69 Å². The first-order valence-electron chi connectivity index (χ1n) is 8.75. The van der Waals surface area contributed by atoms with Gasteiger partial charge in [-0.05, 0) is 23.8 Å². The molecule has 0 spiro atoms. The van der Waals surface area contributed by atoms with Crippen molar-refractivity contribution in [1.82, 2.24) is 14.8 Å². The molecule has 1 aromatic heterocycles. The highest BCUT2D eigenvalue weighted by molar-refractivity contribution is 9.10. The Bertz CT molecular complexity index is 1150. The fourth-order valence-electron chi connectivity index (χ4n) is 2.85. The first-order chi connectivity index (χ1) is 14.1. The van der Waals surface area contributed by atoms with E-state index in [1.54, 1.807) is 12.1 Å². The summed E-state index contributed by atoms with van der Waals surface area (Å²) >= 11 is 5.13. The van der Waals surface area contributed by atoms with Gasteiger partial charge < -0.3 is 0 Å². The van der Waals surface area contributed by atoms with E-state index in [0.717, 1.165) is 32.3 Å². The first-order valence-corrected chi connectivity index (χ1v) is 10.5. The van der Waals surface area contributed by atoms with Crippen LogP contribution in [0.1, 0.15) is 5.56 Å². The van der Waals surface area contributed by atoms with E-state index >= 15 is 0 Å². The summed E-state index contributed by atoms with van der Waals surface area (Å²) in [5.74, 6) is 1.37. The van der Waals surface area contributed by atoms with Gasteiger partial charge >= 0.3 is 0 Å². The molecular formula is C21H15BrN4O2S. The molecular weight excluding hydrogens is 452 g/mol. The fraction of sp³-hybridized carbons (Fsp3) is 0.0476. The van der Waals surface area contributed by atoms with E-state index in [-0.39, 0.29) is 5.69 Å². The second-order valence-electron chi connectivity index (χ2n) is 6.17. The van der Waals surface area contributed by atoms with Gasteiger partial charge in [-0.15, -0.1) is 10.2 Å². The van der Waals surface area contributed by atoms with Gasteiger partial charge in [0.05, 0.1) is 4.92 Å². The number of hydrogen-bond acceptors (Lipinski definition) is 5. The van der Waals surface area contributed by atoms with Crippen LogP contribution in [0.15, 0.2) is 88.5 Å². The van der Waals surface area contributed by atoms with Crippen LogP contribution >= 0.6 is 27.7 Å². The molecule has 0 radical (unpaired) electrons. The molecule has 0 aliphatic heterocycles. The molecule has 0 aliphatic carbocycles. The van der Waals surface area contributed by atoms with E-state index in [9.17, 15) is 10.1 Å². The zero-order valence-electron chi connectivity index (χ0n) is 15.1.